The van der Waals surface area contributed by atoms with E-state index in [1.54, 1.807) is 0 Å². The summed E-state index contributed by atoms with van der Waals surface area (Å²) >= 11 is 1.81. The van der Waals surface area contributed by atoms with Gasteiger partial charge in [-0.05, 0) is 23.8 Å². The zero-order valence-electron chi connectivity index (χ0n) is 12.2. The summed E-state index contributed by atoms with van der Waals surface area (Å²) in [7, 11) is 0. The summed E-state index contributed by atoms with van der Waals surface area (Å²) in [5.41, 5.74) is 8.46. The lowest BCUT2D eigenvalue weighted by Crippen LogP contribution is -2.28. The molecule has 0 spiro atoms. The molecule has 4 heteroatoms. The Labute approximate surface area is 134 Å². The van der Waals surface area contributed by atoms with E-state index < -0.39 is 0 Å². The van der Waals surface area contributed by atoms with E-state index in [9.17, 15) is 4.79 Å². The highest BCUT2D eigenvalue weighted by atomic mass is 32.2. The van der Waals surface area contributed by atoms with Crippen LogP contribution in [-0.2, 0) is 11.2 Å². The molecule has 22 heavy (non-hydrogen) atoms. The summed E-state index contributed by atoms with van der Waals surface area (Å²) in [4.78, 5) is 14.9. The molecule has 3 rings (SSSR count). The zero-order valence-corrected chi connectivity index (χ0v) is 13.1. The van der Waals surface area contributed by atoms with Gasteiger partial charge in [-0.25, -0.2) is 0 Å². The number of carbonyl (C=O) groups excluding carboxylic acids is 1. The van der Waals surface area contributed by atoms with Crippen molar-refractivity contribution >= 4 is 23.4 Å². The lowest BCUT2D eigenvalue weighted by molar-refractivity contribution is -0.114. The number of para-hydroxylation sites is 1. The van der Waals surface area contributed by atoms with Gasteiger partial charge in [-0.2, -0.15) is 0 Å². The van der Waals surface area contributed by atoms with Crippen molar-refractivity contribution in [3.63, 3.8) is 0 Å². The van der Waals surface area contributed by atoms with Crippen LogP contribution < -0.4 is 10.6 Å². The normalized spacial score (nSPS) is 13.5. The van der Waals surface area contributed by atoms with Gasteiger partial charge in [0.1, 0.15) is 0 Å². The van der Waals surface area contributed by atoms with Gasteiger partial charge >= 0.3 is 0 Å². The largest absolute Gasteiger partial charge is 0.366 e. The van der Waals surface area contributed by atoms with Crippen LogP contribution in [-0.4, -0.2) is 18.2 Å². The molecule has 2 N–H and O–H groups in total. The van der Waals surface area contributed by atoms with Crippen LogP contribution in [0.5, 0.6) is 0 Å². The highest BCUT2D eigenvalue weighted by molar-refractivity contribution is 7.99. The predicted molar refractivity (Wildman–Crippen MR) is 91.9 cm³/mol. The highest BCUT2D eigenvalue weighted by Crippen LogP contribution is 2.29. The molecule has 0 radical (unpaired) electrons. The fraction of sp³-hybridized carbons (Fsp3) is 0.167. The molecule has 0 saturated carbocycles. The minimum atomic E-state index is -0.338. The Bertz CT molecular complexity index is 697. The Morgan fingerprint density at radius 3 is 2.59 bits per heavy atom. The first kappa shape index (κ1) is 14.7. The SMILES string of the molecule is NC(=O)C1=CN(CCSc2ccccc2)c2ccccc2C1. The summed E-state index contributed by atoms with van der Waals surface area (Å²) in [5, 5.41) is 0. The third-order valence-electron chi connectivity index (χ3n) is 3.65. The Balaban J connectivity index is 1.72. The van der Waals surface area contributed by atoms with Gasteiger partial charge in [0.2, 0.25) is 5.91 Å². The van der Waals surface area contributed by atoms with Crippen molar-refractivity contribution < 1.29 is 4.79 Å². The van der Waals surface area contributed by atoms with E-state index in [1.807, 2.05) is 48.3 Å². The molecule has 2 aromatic carbocycles. The van der Waals surface area contributed by atoms with Crippen LogP contribution in [0.4, 0.5) is 5.69 Å². The van der Waals surface area contributed by atoms with E-state index >= 15 is 0 Å². The second-order valence-corrected chi connectivity index (χ2v) is 6.35. The number of fused-ring (bicyclic) bond motifs is 1. The van der Waals surface area contributed by atoms with Crippen molar-refractivity contribution in [1.29, 1.82) is 0 Å². The lowest BCUT2D eigenvalue weighted by Gasteiger charge is -2.28. The lowest BCUT2D eigenvalue weighted by atomic mass is 9.99. The number of benzene rings is 2. The Kier molecular flexibility index (Phi) is 4.49. The number of hydrogen-bond donors (Lipinski definition) is 1. The number of carbonyl (C=O) groups is 1. The number of hydrogen-bond acceptors (Lipinski definition) is 3. The zero-order chi connectivity index (χ0) is 15.4. The van der Waals surface area contributed by atoms with E-state index in [-0.39, 0.29) is 5.91 Å². The fourth-order valence-corrected chi connectivity index (χ4v) is 3.44. The second-order valence-electron chi connectivity index (χ2n) is 5.18. The average Bonchev–Trinajstić information content (AvgIpc) is 2.55. The van der Waals surface area contributed by atoms with Crippen LogP contribution in [0.3, 0.4) is 0 Å². The molecule has 1 aliphatic heterocycles. The molecule has 2 aromatic rings. The molecule has 112 valence electrons. The molecule has 0 unspecified atom stereocenters. The quantitative estimate of drug-likeness (QED) is 0.863. The third kappa shape index (κ3) is 3.34. The third-order valence-corrected chi connectivity index (χ3v) is 4.65. The Morgan fingerprint density at radius 2 is 1.82 bits per heavy atom. The van der Waals surface area contributed by atoms with Gasteiger partial charge in [0, 0.05) is 41.1 Å². The van der Waals surface area contributed by atoms with Gasteiger partial charge in [-0.1, -0.05) is 36.4 Å². The minimum Gasteiger partial charge on any atom is -0.366 e. The monoisotopic (exact) mass is 310 g/mol. The van der Waals surface area contributed by atoms with E-state index in [4.69, 9.17) is 5.73 Å². The van der Waals surface area contributed by atoms with E-state index in [2.05, 4.69) is 29.2 Å². The number of thioether (sulfide) groups is 1. The standard InChI is InChI=1S/C18H18N2OS/c19-18(21)15-12-14-6-4-5-9-17(14)20(13-15)10-11-22-16-7-2-1-3-8-16/h1-9,13H,10-12H2,(H2,19,21). The summed E-state index contributed by atoms with van der Waals surface area (Å²) in [5.74, 6) is 0.608. The molecule has 0 bridgehead atoms. The molecule has 1 heterocycles. The predicted octanol–water partition coefficient (Wildman–Crippen LogP) is 3.21. The van der Waals surface area contributed by atoms with Crippen LogP contribution in [0, 0.1) is 0 Å². The van der Waals surface area contributed by atoms with Gasteiger partial charge < -0.3 is 10.6 Å². The highest BCUT2D eigenvalue weighted by Gasteiger charge is 2.19. The first-order valence-electron chi connectivity index (χ1n) is 7.27. The Hall–Kier alpha value is -2.20. The van der Waals surface area contributed by atoms with Crippen molar-refractivity contribution in [3.05, 3.63) is 71.9 Å². The molecular formula is C18H18N2OS. The number of rotatable bonds is 5. The first-order chi connectivity index (χ1) is 10.7. The number of nitrogens with two attached hydrogens (primary N) is 1. The maximum Gasteiger partial charge on any atom is 0.246 e. The van der Waals surface area contributed by atoms with Gasteiger partial charge in [-0.3, -0.25) is 4.79 Å². The molecule has 0 atom stereocenters. The smallest absolute Gasteiger partial charge is 0.246 e. The van der Waals surface area contributed by atoms with Gasteiger partial charge in [0.05, 0.1) is 0 Å². The van der Waals surface area contributed by atoms with Crippen LogP contribution in [0.15, 0.2) is 71.3 Å². The average molecular weight is 310 g/mol. The molecule has 0 aromatic heterocycles. The first-order valence-corrected chi connectivity index (χ1v) is 8.25. The molecule has 0 fully saturated rings. The number of nitrogens with zero attached hydrogens (tertiary/aromatic N) is 1. The second kappa shape index (κ2) is 6.71. The van der Waals surface area contributed by atoms with E-state index in [0.29, 0.717) is 12.0 Å². The number of primary amides is 1. The fourth-order valence-electron chi connectivity index (χ4n) is 2.56. The summed E-state index contributed by atoms with van der Waals surface area (Å²) in [6, 6.07) is 18.5. The molecule has 0 saturated heterocycles. The van der Waals surface area contributed by atoms with E-state index in [0.717, 1.165) is 17.9 Å². The molecular weight excluding hydrogens is 292 g/mol. The maximum absolute atomic E-state index is 11.5. The van der Waals surface area contributed by atoms with Crippen molar-refractivity contribution in [3.8, 4) is 0 Å². The van der Waals surface area contributed by atoms with Gasteiger partial charge in [0.15, 0.2) is 0 Å². The molecule has 1 amide bonds. The number of anilines is 1. The number of amides is 1. The van der Waals surface area contributed by atoms with Gasteiger partial charge in [0.25, 0.3) is 0 Å². The molecule has 3 nitrogen and oxygen atoms in total. The van der Waals surface area contributed by atoms with Crippen molar-refractivity contribution in [2.75, 3.05) is 17.2 Å². The van der Waals surface area contributed by atoms with E-state index in [1.165, 1.54) is 10.6 Å². The summed E-state index contributed by atoms with van der Waals surface area (Å²) in [6.07, 6.45) is 2.52. The Morgan fingerprint density at radius 1 is 1.09 bits per heavy atom. The van der Waals surface area contributed by atoms with Crippen molar-refractivity contribution in [1.82, 2.24) is 0 Å². The van der Waals surface area contributed by atoms with Crippen LogP contribution in [0.1, 0.15) is 5.56 Å². The van der Waals surface area contributed by atoms with Gasteiger partial charge in [-0.15, -0.1) is 11.8 Å². The minimum absolute atomic E-state index is 0.338. The van der Waals surface area contributed by atoms with Crippen LogP contribution >= 0.6 is 11.8 Å². The maximum atomic E-state index is 11.5. The molecule has 0 aliphatic carbocycles. The topological polar surface area (TPSA) is 46.3 Å². The van der Waals surface area contributed by atoms with Crippen molar-refractivity contribution in [2.45, 2.75) is 11.3 Å². The summed E-state index contributed by atoms with van der Waals surface area (Å²) in [6.45, 7) is 0.841. The molecule has 1 aliphatic rings. The van der Waals surface area contributed by atoms with Crippen LogP contribution in [0.25, 0.3) is 0 Å². The van der Waals surface area contributed by atoms with Crippen LogP contribution in [0.2, 0.25) is 0 Å². The summed E-state index contributed by atoms with van der Waals surface area (Å²) < 4.78 is 0. The van der Waals surface area contributed by atoms with Crippen molar-refractivity contribution in [2.24, 2.45) is 5.73 Å².